The van der Waals surface area contributed by atoms with Crippen molar-refractivity contribution in [3.8, 4) is 11.5 Å². The van der Waals surface area contributed by atoms with Crippen LogP contribution in [0.2, 0.25) is 0 Å². The molecule has 0 saturated carbocycles. The van der Waals surface area contributed by atoms with Crippen LogP contribution in [0.3, 0.4) is 0 Å². The predicted molar refractivity (Wildman–Crippen MR) is 153 cm³/mol. The van der Waals surface area contributed by atoms with Gasteiger partial charge in [-0.2, -0.15) is 0 Å². The first-order valence-electron chi connectivity index (χ1n) is 13.4. The molecule has 0 amide bonds. The zero-order chi connectivity index (χ0) is 27.2. The maximum Gasteiger partial charge on any atom is 0.123 e. The number of benzene rings is 4. The zero-order valence-electron chi connectivity index (χ0n) is 22.2. The van der Waals surface area contributed by atoms with Crippen molar-refractivity contribution in [3.05, 3.63) is 125 Å². The molecule has 0 radical (unpaired) electrons. The van der Waals surface area contributed by atoms with Gasteiger partial charge in [-0.1, -0.05) is 48.5 Å². The van der Waals surface area contributed by atoms with E-state index in [2.05, 4.69) is 21.9 Å². The molecule has 1 aliphatic heterocycles. The molecule has 2 unspecified atom stereocenters. The average molecular weight is 527 g/mol. The summed E-state index contributed by atoms with van der Waals surface area (Å²) in [6, 6.07) is 30.2. The van der Waals surface area contributed by atoms with Gasteiger partial charge < -0.3 is 24.7 Å². The van der Waals surface area contributed by atoms with Gasteiger partial charge in [0.15, 0.2) is 0 Å². The lowest BCUT2D eigenvalue weighted by molar-refractivity contribution is 0.118. The van der Waals surface area contributed by atoms with Gasteiger partial charge >= 0.3 is 0 Å². The number of phenolic OH excluding ortho intramolecular Hbond substituents is 1. The van der Waals surface area contributed by atoms with Crippen molar-refractivity contribution in [2.24, 2.45) is 0 Å². The van der Waals surface area contributed by atoms with Gasteiger partial charge in [-0.15, -0.1) is 0 Å². The largest absolute Gasteiger partial charge is 0.508 e. The zero-order valence-corrected chi connectivity index (χ0v) is 22.2. The summed E-state index contributed by atoms with van der Waals surface area (Å²) in [6.45, 7) is 2.55. The van der Waals surface area contributed by atoms with E-state index < -0.39 is 6.10 Å². The molecule has 5 rings (SSSR count). The molecule has 0 aromatic heterocycles. The van der Waals surface area contributed by atoms with Crippen molar-refractivity contribution in [1.82, 2.24) is 4.90 Å². The Bertz CT molecular complexity index is 1350. The van der Waals surface area contributed by atoms with Gasteiger partial charge in [0.05, 0.1) is 12.1 Å². The minimum absolute atomic E-state index is 0.0660. The maximum atomic E-state index is 13.6. The van der Waals surface area contributed by atoms with E-state index in [-0.39, 0.29) is 17.6 Å². The summed E-state index contributed by atoms with van der Waals surface area (Å²) in [5, 5.41) is 20.5. The quantitative estimate of drug-likeness (QED) is 0.269. The van der Waals surface area contributed by atoms with Gasteiger partial charge in [-0.05, 0) is 90.7 Å². The SMILES string of the molecule is CN(CCOc1ccc(CC2c3ccc(O)cc3CCN2c2ccc(F)cc2)cc1)CC(O)c1ccccc1. The molecule has 0 saturated heterocycles. The van der Waals surface area contributed by atoms with Crippen LogP contribution in [0.4, 0.5) is 10.1 Å². The van der Waals surface area contributed by atoms with Crippen molar-refractivity contribution in [3.63, 3.8) is 0 Å². The molecule has 2 N–H and O–H groups in total. The van der Waals surface area contributed by atoms with E-state index in [1.165, 1.54) is 23.3 Å². The molecule has 39 heavy (non-hydrogen) atoms. The minimum atomic E-state index is -0.529. The van der Waals surface area contributed by atoms with Crippen molar-refractivity contribution in [2.45, 2.75) is 25.0 Å². The lowest BCUT2D eigenvalue weighted by Crippen LogP contribution is -2.36. The van der Waals surface area contributed by atoms with Gasteiger partial charge in [-0.3, -0.25) is 0 Å². The van der Waals surface area contributed by atoms with Crippen molar-refractivity contribution in [1.29, 1.82) is 0 Å². The summed E-state index contributed by atoms with van der Waals surface area (Å²) in [5.74, 6) is 0.844. The number of halogens is 1. The lowest BCUT2D eigenvalue weighted by Gasteiger charge is -2.39. The first kappa shape index (κ1) is 26.7. The Morgan fingerprint density at radius 3 is 2.46 bits per heavy atom. The van der Waals surface area contributed by atoms with E-state index in [4.69, 9.17) is 4.74 Å². The second-order valence-corrected chi connectivity index (χ2v) is 10.2. The van der Waals surface area contributed by atoms with E-state index in [9.17, 15) is 14.6 Å². The fourth-order valence-electron chi connectivity index (χ4n) is 5.29. The molecular weight excluding hydrogens is 491 g/mol. The molecule has 0 fully saturated rings. The maximum absolute atomic E-state index is 13.6. The third-order valence-electron chi connectivity index (χ3n) is 7.41. The number of aliphatic hydroxyl groups excluding tert-OH is 1. The average Bonchev–Trinajstić information content (AvgIpc) is 2.95. The summed E-state index contributed by atoms with van der Waals surface area (Å²) in [5.41, 5.74) is 5.41. The number of hydrogen-bond acceptors (Lipinski definition) is 5. The van der Waals surface area contributed by atoms with Crippen LogP contribution in [0.5, 0.6) is 11.5 Å². The number of ether oxygens (including phenoxy) is 1. The Labute approximate surface area is 229 Å². The fourth-order valence-corrected chi connectivity index (χ4v) is 5.29. The Morgan fingerprint density at radius 2 is 1.72 bits per heavy atom. The monoisotopic (exact) mass is 526 g/mol. The second kappa shape index (κ2) is 12.3. The highest BCUT2D eigenvalue weighted by Crippen LogP contribution is 2.37. The minimum Gasteiger partial charge on any atom is -0.508 e. The number of phenols is 1. The summed E-state index contributed by atoms with van der Waals surface area (Å²) in [4.78, 5) is 4.39. The number of likely N-dealkylation sites (N-methyl/N-ethyl adjacent to an activating group) is 1. The Hall–Kier alpha value is -3.87. The van der Waals surface area contributed by atoms with Gasteiger partial charge in [0.1, 0.15) is 23.9 Å². The third kappa shape index (κ3) is 6.77. The van der Waals surface area contributed by atoms with Crippen molar-refractivity contribution in [2.75, 3.05) is 38.2 Å². The van der Waals surface area contributed by atoms with E-state index >= 15 is 0 Å². The molecule has 1 aliphatic rings. The molecule has 202 valence electrons. The number of aliphatic hydroxyl groups is 1. The predicted octanol–water partition coefficient (Wildman–Crippen LogP) is 5.92. The standard InChI is InChI=1S/C33H35FN2O3/c1-35(23-33(38)25-5-3-2-4-6-25)19-20-39-30-14-7-24(8-15-30)21-32-31-16-13-29(37)22-26(31)17-18-36(32)28-11-9-27(34)10-12-28/h2-16,22,32-33,37-38H,17-21,23H2,1H3. The van der Waals surface area contributed by atoms with Crippen LogP contribution < -0.4 is 9.64 Å². The number of aromatic hydroxyl groups is 1. The summed E-state index contributed by atoms with van der Waals surface area (Å²) in [7, 11) is 1.98. The normalized spacial score (nSPS) is 15.7. The second-order valence-electron chi connectivity index (χ2n) is 10.2. The fraction of sp³-hybridized carbons (Fsp3) is 0.273. The number of nitrogens with zero attached hydrogens (tertiary/aromatic N) is 2. The van der Waals surface area contributed by atoms with Gasteiger partial charge in [0.2, 0.25) is 0 Å². The number of hydrogen-bond donors (Lipinski definition) is 2. The van der Waals surface area contributed by atoms with E-state index in [0.717, 1.165) is 42.0 Å². The van der Waals surface area contributed by atoms with Crippen LogP contribution in [-0.2, 0) is 12.8 Å². The molecular formula is C33H35FN2O3. The molecule has 0 bridgehead atoms. The smallest absolute Gasteiger partial charge is 0.123 e. The molecule has 4 aromatic rings. The molecule has 0 spiro atoms. The van der Waals surface area contributed by atoms with E-state index in [1.54, 1.807) is 6.07 Å². The van der Waals surface area contributed by atoms with Crippen LogP contribution in [0, 0.1) is 5.82 Å². The molecule has 6 heteroatoms. The third-order valence-corrected chi connectivity index (χ3v) is 7.41. The van der Waals surface area contributed by atoms with Crippen molar-refractivity contribution < 1.29 is 19.3 Å². The van der Waals surface area contributed by atoms with Crippen LogP contribution in [0.15, 0.2) is 97.1 Å². The molecule has 2 atom stereocenters. The van der Waals surface area contributed by atoms with Crippen LogP contribution in [0.25, 0.3) is 0 Å². The van der Waals surface area contributed by atoms with Crippen LogP contribution >= 0.6 is 0 Å². The summed E-state index contributed by atoms with van der Waals surface area (Å²) < 4.78 is 19.6. The van der Waals surface area contributed by atoms with Crippen LogP contribution in [0.1, 0.15) is 34.4 Å². The van der Waals surface area contributed by atoms with Crippen molar-refractivity contribution >= 4 is 5.69 Å². The topological polar surface area (TPSA) is 56.2 Å². The Balaban J connectivity index is 1.21. The molecule has 4 aromatic carbocycles. The van der Waals surface area contributed by atoms with Gasteiger partial charge in [0, 0.05) is 25.3 Å². The lowest BCUT2D eigenvalue weighted by atomic mass is 9.88. The first-order valence-corrected chi connectivity index (χ1v) is 13.4. The Morgan fingerprint density at radius 1 is 0.974 bits per heavy atom. The number of rotatable bonds is 10. The first-order chi connectivity index (χ1) is 19.0. The highest BCUT2D eigenvalue weighted by molar-refractivity contribution is 5.53. The highest BCUT2D eigenvalue weighted by atomic mass is 19.1. The summed E-state index contributed by atoms with van der Waals surface area (Å²) in [6.07, 6.45) is 1.07. The van der Waals surface area contributed by atoms with Gasteiger partial charge in [-0.25, -0.2) is 4.39 Å². The molecule has 1 heterocycles. The number of fused-ring (bicyclic) bond motifs is 1. The summed E-state index contributed by atoms with van der Waals surface area (Å²) >= 11 is 0. The number of anilines is 1. The highest BCUT2D eigenvalue weighted by Gasteiger charge is 2.28. The van der Waals surface area contributed by atoms with Crippen LogP contribution in [-0.4, -0.2) is 48.4 Å². The Kier molecular flexibility index (Phi) is 8.45. The van der Waals surface area contributed by atoms with Gasteiger partial charge in [0.25, 0.3) is 0 Å². The molecule has 0 aliphatic carbocycles. The molecule has 5 nitrogen and oxygen atoms in total. The van der Waals surface area contributed by atoms with E-state index in [0.29, 0.717) is 19.7 Å². The van der Waals surface area contributed by atoms with E-state index in [1.807, 2.05) is 73.8 Å².